The number of H-pyrrole nitrogens is 1. The molecule has 128 valence electrons. The number of nitrogens with zero attached hydrogens (tertiary/aromatic N) is 1. The Bertz CT molecular complexity index is 684. The number of halogens is 1. The number of carbonyl (C=O) groups excluding carboxylic acids is 1. The molecule has 2 heterocycles. The normalized spacial score (nSPS) is 18.4. The summed E-state index contributed by atoms with van der Waals surface area (Å²) in [7, 11) is 0. The number of aromatic nitrogens is 1. The van der Waals surface area contributed by atoms with E-state index in [2.05, 4.69) is 4.98 Å². The molecule has 1 aliphatic heterocycles. The summed E-state index contributed by atoms with van der Waals surface area (Å²) >= 11 is 5.91. The Balaban J connectivity index is 1.57. The number of β-amino-alcohol motifs (C(OH)–C–C–N with tert-alkyl or cyclic N) is 1. The van der Waals surface area contributed by atoms with Crippen LogP contribution in [-0.4, -0.2) is 53.3 Å². The lowest BCUT2D eigenvalue weighted by molar-refractivity contribution is -0.132. The number of aliphatic hydroxyl groups excluding tert-OH is 1. The number of aryl methyl sites for hydroxylation is 1. The van der Waals surface area contributed by atoms with Crippen molar-refractivity contribution in [1.29, 1.82) is 0 Å². The molecule has 1 amide bonds. The van der Waals surface area contributed by atoms with Crippen LogP contribution in [0.1, 0.15) is 12.1 Å². The Kier molecular flexibility index (Phi) is 5.56. The molecule has 0 spiro atoms. The van der Waals surface area contributed by atoms with Crippen molar-refractivity contribution in [2.75, 3.05) is 26.3 Å². The number of aliphatic hydroxyl groups is 1. The fraction of sp³-hybridized carbons (Fsp3) is 0.389. The molecule has 5 nitrogen and oxygen atoms in total. The molecule has 1 fully saturated rings. The fourth-order valence-corrected chi connectivity index (χ4v) is 2.93. The molecule has 0 saturated carbocycles. The molecule has 1 aromatic carbocycles. The molecule has 0 aliphatic carbocycles. The maximum Gasteiger partial charge on any atom is 0.223 e. The standard InChI is InChI=1S/C18H21ClN2O3/c19-14-3-1-13(2-4-14)17-7-5-15(20-17)6-8-18(23)21-9-10-24-12-16(22)11-21/h1-5,7,16,20,22H,6,8-12H2/t16-/m0/s1. The Labute approximate surface area is 146 Å². The van der Waals surface area contributed by atoms with Crippen molar-refractivity contribution in [3.8, 4) is 11.3 Å². The van der Waals surface area contributed by atoms with Gasteiger partial charge in [-0.2, -0.15) is 0 Å². The Hall–Kier alpha value is -1.82. The summed E-state index contributed by atoms with van der Waals surface area (Å²) in [5, 5.41) is 10.4. The molecule has 2 aromatic rings. The monoisotopic (exact) mass is 348 g/mol. The maximum absolute atomic E-state index is 12.3. The van der Waals surface area contributed by atoms with Crippen LogP contribution in [0.5, 0.6) is 0 Å². The van der Waals surface area contributed by atoms with E-state index in [9.17, 15) is 9.90 Å². The van der Waals surface area contributed by atoms with Gasteiger partial charge in [0.05, 0.1) is 19.3 Å². The Morgan fingerprint density at radius 1 is 1.29 bits per heavy atom. The lowest BCUT2D eigenvalue weighted by Gasteiger charge is -2.21. The summed E-state index contributed by atoms with van der Waals surface area (Å²) in [4.78, 5) is 17.3. The molecule has 3 rings (SSSR count). The predicted octanol–water partition coefficient (Wildman–Crippen LogP) is 2.49. The second-order valence-corrected chi connectivity index (χ2v) is 6.41. The first kappa shape index (κ1) is 17.0. The lowest BCUT2D eigenvalue weighted by Crippen LogP contribution is -2.37. The van der Waals surface area contributed by atoms with Crippen LogP contribution in [0.15, 0.2) is 36.4 Å². The van der Waals surface area contributed by atoms with E-state index in [1.165, 1.54) is 0 Å². The molecule has 0 bridgehead atoms. The number of rotatable bonds is 4. The van der Waals surface area contributed by atoms with E-state index in [0.29, 0.717) is 44.2 Å². The van der Waals surface area contributed by atoms with Gasteiger partial charge in [0.25, 0.3) is 0 Å². The van der Waals surface area contributed by atoms with Gasteiger partial charge in [-0.3, -0.25) is 4.79 Å². The Morgan fingerprint density at radius 2 is 2.08 bits per heavy atom. The molecule has 6 heteroatoms. The van der Waals surface area contributed by atoms with Gasteiger partial charge >= 0.3 is 0 Å². The molecule has 1 saturated heterocycles. The summed E-state index contributed by atoms with van der Waals surface area (Å²) in [6.07, 6.45) is 0.450. The third-order valence-corrected chi connectivity index (χ3v) is 4.36. The highest BCUT2D eigenvalue weighted by Gasteiger charge is 2.20. The van der Waals surface area contributed by atoms with E-state index in [0.717, 1.165) is 17.0 Å². The molecule has 1 aliphatic rings. The number of ether oxygens (including phenoxy) is 1. The van der Waals surface area contributed by atoms with Crippen molar-refractivity contribution < 1.29 is 14.6 Å². The third kappa shape index (κ3) is 4.38. The van der Waals surface area contributed by atoms with Crippen molar-refractivity contribution in [3.05, 3.63) is 47.1 Å². The van der Waals surface area contributed by atoms with Gasteiger partial charge in [-0.25, -0.2) is 0 Å². The Morgan fingerprint density at radius 3 is 2.88 bits per heavy atom. The van der Waals surface area contributed by atoms with Gasteiger partial charge in [-0.1, -0.05) is 23.7 Å². The van der Waals surface area contributed by atoms with Gasteiger partial charge in [0.2, 0.25) is 5.91 Å². The highest BCUT2D eigenvalue weighted by molar-refractivity contribution is 6.30. The first-order valence-electron chi connectivity index (χ1n) is 8.09. The van der Waals surface area contributed by atoms with Crippen LogP contribution < -0.4 is 0 Å². The number of benzene rings is 1. The first-order valence-corrected chi connectivity index (χ1v) is 8.47. The van der Waals surface area contributed by atoms with Crippen LogP contribution in [-0.2, 0) is 16.0 Å². The second kappa shape index (κ2) is 7.83. The minimum absolute atomic E-state index is 0.0437. The van der Waals surface area contributed by atoms with Gasteiger partial charge in [0.1, 0.15) is 0 Å². The molecular formula is C18H21ClN2O3. The SMILES string of the molecule is O=C(CCc1ccc(-c2ccc(Cl)cc2)[nH]1)N1CCOC[C@@H](O)C1. The molecule has 0 unspecified atom stereocenters. The predicted molar refractivity (Wildman–Crippen MR) is 93.0 cm³/mol. The van der Waals surface area contributed by atoms with E-state index in [-0.39, 0.29) is 5.91 Å². The average Bonchev–Trinajstić information content (AvgIpc) is 2.94. The molecule has 0 radical (unpaired) electrons. The minimum atomic E-state index is -0.599. The number of nitrogens with one attached hydrogen (secondary N) is 1. The number of hydrogen-bond acceptors (Lipinski definition) is 3. The summed E-state index contributed by atoms with van der Waals surface area (Å²) < 4.78 is 5.25. The molecule has 1 aromatic heterocycles. The summed E-state index contributed by atoms with van der Waals surface area (Å²) in [5.74, 6) is 0.0437. The maximum atomic E-state index is 12.3. The summed E-state index contributed by atoms with van der Waals surface area (Å²) in [6.45, 7) is 1.66. The van der Waals surface area contributed by atoms with Gasteiger partial charge in [-0.05, 0) is 36.2 Å². The molecule has 1 atom stereocenters. The van der Waals surface area contributed by atoms with E-state index in [4.69, 9.17) is 16.3 Å². The zero-order valence-corrected chi connectivity index (χ0v) is 14.1. The van der Waals surface area contributed by atoms with Crippen LogP contribution in [0, 0.1) is 0 Å². The number of amides is 1. The van der Waals surface area contributed by atoms with Crippen LogP contribution in [0.2, 0.25) is 5.02 Å². The number of carbonyl (C=O) groups is 1. The van der Waals surface area contributed by atoms with E-state index in [1.807, 2.05) is 36.4 Å². The summed E-state index contributed by atoms with van der Waals surface area (Å²) in [5.41, 5.74) is 3.08. The molecule has 24 heavy (non-hydrogen) atoms. The van der Waals surface area contributed by atoms with Crippen molar-refractivity contribution in [1.82, 2.24) is 9.88 Å². The van der Waals surface area contributed by atoms with E-state index in [1.54, 1.807) is 4.90 Å². The quantitative estimate of drug-likeness (QED) is 0.892. The largest absolute Gasteiger partial charge is 0.389 e. The van der Waals surface area contributed by atoms with Crippen LogP contribution in [0.3, 0.4) is 0 Å². The highest BCUT2D eigenvalue weighted by Crippen LogP contribution is 2.21. The topological polar surface area (TPSA) is 65.6 Å². The highest BCUT2D eigenvalue weighted by atomic mass is 35.5. The third-order valence-electron chi connectivity index (χ3n) is 4.11. The van der Waals surface area contributed by atoms with Gasteiger partial charge in [0, 0.05) is 35.9 Å². The second-order valence-electron chi connectivity index (χ2n) is 5.97. The van der Waals surface area contributed by atoms with Crippen molar-refractivity contribution in [2.45, 2.75) is 18.9 Å². The van der Waals surface area contributed by atoms with E-state index < -0.39 is 6.10 Å². The van der Waals surface area contributed by atoms with Crippen LogP contribution in [0.4, 0.5) is 0 Å². The fourth-order valence-electron chi connectivity index (χ4n) is 2.80. The van der Waals surface area contributed by atoms with Gasteiger partial charge < -0.3 is 19.7 Å². The number of hydrogen-bond donors (Lipinski definition) is 2. The lowest BCUT2D eigenvalue weighted by atomic mass is 10.2. The summed E-state index contributed by atoms with van der Waals surface area (Å²) in [6, 6.07) is 11.6. The van der Waals surface area contributed by atoms with Gasteiger partial charge in [-0.15, -0.1) is 0 Å². The zero-order valence-electron chi connectivity index (χ0n) is 13.4. The van der Waals surface area contributed by atoms with Gasteiger partial charge in [0.15, 0.2) is 0 Å². The average molecular weight is 349 g/mol. The van der Waals surface area contributed by atoms with Crippen molar-refractivity contribution in [2.24, 2.45) is 0 Å². The first-order chi connectivity index (χ1) is 11.6. The van der Waals surface area contributed by atoms with E-state index >= 15 is 0 Å². The molecule has 2 N–H and O–H groups in total. The van der Waals surface area contributed by atoms with Crippen LogP contribution in [0.25, 0.3) is 11.3 Å². The smallest absolute Gasteiger partial charge is 0.223 e. The molecular weight excluding hydrogens is 328 g/mol. The van der Waals surface area contributed by atoms with Crippen LogP contribution >= 0.6 is 11.6 Å². The number of aromatic amines is 1. The zero-order chi connectivity index (χ0) is 16.9. The van der Waals surface area contributed by atoms with Crippen molar-refractivity contribution >= 4 is 17.5 Å². The van der Waals surface area contributed by atoms with Crippen molar-refractivity contribution in [3.63, 3.8) is 0 Å². The minimum Gasteiger partial charge on any atom is -0.389 e.